The number of thiocarbonyl (C=S) groups is 1. The zero-order chi connectivity index (χ0) is 25.8. The Bertz CT molecular complexity index is 1300. The maximum atomic E-state index is 13.5. The summed E-state index contributed by atoms with van der Waals surface area (Å²) in [5.41, 5.74) is 4.08. The lowest BCUT2D eigenvalue weighted by Crippen LogP contribution is -2.49. The predicted octanol–water partition coefficient (Wildman–Crippen LogP) is 4.63. The average Bonchev–Trinajstić information content (AvgIpc) is 3.09. The third-order valence-electron chi connectivity index (χ3n) is 5.38. The highest BCUT2D eigenvalue weighted by molar-refractivity contribution is 14.1. The second-order valence-corrected chi connectivity index (χ2v) is 9.79. The Morgan fingerprint density at radius 1 is 1.03 bits per heavy atom. The SMILES string of the molecule is COc1ccc(N2C(=O)C(CC(=O)Nc3ccc(I)cc3)N(NC(=O)c3ccc(Cl)cc3)C2=S)cc1. The summed E-state index contributed by atoms with van der Waals surface area (Å²) in [5.74, 6) is -0.738. The van der Waals surface area contributed by atoms with Crippen molar-refractivity contribution in [1.29, 1.82) is 0 Å². The van der Waals surface area contributed by atoms with Gasteiger partial charge in [0.15, 0.2) is 0 Å². The van der Waals surface area contributed by atoms with Crippen LogP contribution in [0.1, 0.15) is 16.8 Å². The number of anilines is 2. The number of rotatable bonds is 7. The van der Waals surface area contributed by atoms with Crippen LogP contribution in [0.25, 0.3) is 0 Å². The second kappa shape index (κ2) is 11.2. The molecule has 1 unspecified atom stereocenters. The highest BCUT2D eigenvalue weighted by Gasteiger charge is 2.45. The van der Waals surface area contributed by atoms with E-state index in [9.17, 15) is 14.4 Å². The Kier molecular flexibility index (Phi) is 8.07. The Balaban J connectivity index is 1.59. The van der Waals surface area contributed by atoms with Crippen LogP contribution >= 0.6 is 46.4 Å². The minimum Gasteiger partial charge on any atom is -0.497 e. The van der Waals surface area contributed by atoms with Crippen molar-refractivity contribution >= 4 is 80.6 Å². The Hall–Kier alpha value is -3.22. The van der Waals surface area contributed by atoms with Gasteiger partial charge >= 0.3 is 0 Å². The number of hydrogen-bond donors (Lipinski definition) is 2. The molecule has 1 heterocycles. The van der Waals surface area contributed by atoms with E-state index in [1.54, 1.807) is 60.7 Å². The van der Waals surface area contributed by atoms with Crippen molar-refractivity contribution in [2.24, 2.45) is 0 Å². The Labute approximate surface area is 231 Å². The molecule has 0 saturated carbocycles. The van der Waals surface area contributed by atoms with Crippen LogP contribution in [0.2, 0.25) is 5.02 Å². The van der Waals surface area contributed by atoms with E-state index in [1.165, 1.54) is 17.0 Å². The fourth-order valence-electron chi connectivity index (χ4n) is 3.56. The summed E-state index contributed by atoms with van der Waals surface area (Å²) in [5, 5.41) is 4.56. The second-order valence-electron chi connectivity index (χ2n) is 7.75. The van der Waals surface area contributed by atoms with Gasteiger partial charge in [-0.15, -0.1) is 0 Å². The van der Waals surface area contributed by atoms with Crippen molar-refractivity contribution in [2.75, 3.05) is 17.3 Å². The van der Waals surface area contributed by atoms with E-state index in [1.807, 2.05) is 12.1 Å². The number of benzene rings is 3. The molecule has 0 aliphatic carbocycles. The minimum absolute atomic E-state index is 0.0412. The molecular weight excluding hydrogens is 615 g/mol. The molecule has 3 amide bonds. The Morgan fingerprint density at radius 2 is 1.67 bits per heavy atom. The van der Waals surface area contributed by atoms with Gasteiger partial charge in [-0.2, -0.15) is 0 Å². The van der Waals surface area contributed by atoms with E-state index in [0.717, 1.165) is 3.57 Å². The largest absolute Gasteiger partial charge is 0.497 e. The number of hydrogen-bond acceptors (Lipinski definition) is 5. The van der Waals surface area contributed by atoms with Crippen molar-refractivity contribution in [2.45, 2.75) is 12.5 Å². The number of ether oxygens (including phenoxy) is 1. The average molecular weight is 635 g/mol. The van der Waals surface area contributed by atoms with Gasteiger partial charge in [0.05, 0.1) is 19.2 Å². The predicted molar refractivity (Wildman–Crippen MR) is 150 cm³/mol. The van der Waals surface area contributed by atoms with Gasteiger partial charge < -0.3 is 10.1 Å². The third-order valence-corrected chi connectivity index (χ3v) is 6.73. The van der Waals surface area contributed by atoms with Crippen molar-refractivity contribution in [3.63, 3.8) is 0 Å². The topological polar surface area (TPSA) is 91.0 Å². The molecule has 1 saturated heterocycles. The van der Waals surface area contributed by atoms with Gasteiger partial charge in [-0.3, -0.25) is 24.7 Å². The fourth-order valence-corrected chi connectivity index (χ4v) is 4.42. The van der Waals surface area contributed by atoms with E-state index in [-0.39, 0.29) is 11.5 Å². The minimum atomic E-state index is -1.06. The first-order valence-electron chi connectivity index (χ1n) is 10.7. The van der Waals surface area contributed by atoms with Crippen molar-refractivity contribution in [1.82, 2.24) is 10.4 Å². The molecule has 0 bridgehead atoms. The molecule has 11 heteroatoms. The maximum absolute atomic E-state index is 13.5. The smallest absolute Gasteiger partial charge is 0.269 e. The summed E-state index contributed by atoms with van der Waals surface area (Å²) in [4.78, 5) is 40.6. The summed E-state index contributed by atoms with van der Waals surface area (Å²) < 4.78 is 6.21. The van der Waals surface area contributed by atoms with Crippen LogP contribution in [0, 0.1) is 3.57 Å². The normalized spacial score (nSPS) is 15.1. The summed E-state index contributed by atoms with van der Waals surface area (Å²) in [6.07, 6.45) is -0.238. The molecular formula is C25H20ClIN4O4S. The van der Waals surface area contributed by atoms with Crippen LogP contribution in [0.5, 0.6) is 5.75 Å². The number of carbonyl (C=O) groups is 3. The van der Waals surface area contributed by atoms with E-state index in [2.05, 4.69) is 33.3 Å². The third kappa shape index (κ3) is 5.77. The first-order valence-corrected chi connectivity index (χ1v) is 12.6. The summed E-state index contributed by atoms with van der Waals surface area (Å²) in [6.45, 7) is 0. The van der Waals surface area contributed by atoms with E-state index >= 15 is 0 Å². The highest BCUT2D eigenvalue weighted by Crippen LogP contribution is 2.28. The van der Waals surface area contributed by atoms with Crippen LogP contribution in [0.3, 0.4) is 0 Å². The molecule has 1 atom stereocenters. The van der Waals surface area contributed by atoms with Gasteiger partial charge in [0.25, 0.3) is 11.8 Å². The molecule has 4 rings (SSSR count). The van der Waals surface area contributed by atoms with Gasteiger partial charge in [0.1, 0.15) is 11.8 Å². The van der Waals surface area contributed by atoms with E-state index < -0.39 is 23.8 Å². The van der Waals surface area contributed by atoms with E-state index in [4.69, 9.17) is 28.6 Å². The molecule has 0 spiro atoms. The molecule has 36 heavy (non-hydrogen) atoms. The monoisotopic (exact) mass is 634 g/mol. The van der Waals surface area contributed by atoms with Crippen molar-refractivity contribution in [3.05, 3.63) is 87.0 Å². The van der Waals surface area contributed by atoms with Gasteiger partial charge in [0, 0.05) is 19.8 Å². The number of nitrogens with one attached hydrogen (secondary N) is 2. The lowest BCUT2D eigenvalue weighted by molar-refractivity contribution is -0.124. The zero-order valence-corrected chi connectivity index (χ0v) is 22.6. The summed E-state index contributed by atoms with van der Waals surface area (Å²) in [7, 11) is 1.54. The quantitative estimate of drug-likeness (QED) is 0.291. The molecule has 1 fully saturated rings. The highest BCUT2D eigenvalue weighted by atomic mass is 127. The van der Waals surface area contributed by atoms with Gasteiger partial charge in [-0.25, -0.2) is 5.01 Å². The molecule has 3 aromatic rings. The van der Waals surface area contributed by atoms with Gasteiger partial charge in [0.2, 0.25) is 11.0 Å². The molecule has 1 aliphatic heterocycles. The molecule has 0 radical (unpaired) electrons. The van der Waals surface area contributed by atoms with Crippen LogP contribution in [0.4, 0.5) is 11.4 Å². The number of halogens is 2. The van der Waals surface area contributed by atoms with Crippen LogP contribution in [-0.2, 0) is 9.59 Å². The lowest BCUT2D eigenvalue weighted by atomic mass is 10.1. The molecule has 0 aromatic heterocycles. The van der Waals surface area contributed by atoms with Gasteiger partial charge in [-0.1, -0.05) is 11.6 Å². The van der Waals surface area contributed by atoms with Crippen LogP contribution in [0.15, 0.2) is 72.8 Å². The molecule has 3 aromatic carbocycles. The molecule has 1 aliphatic rings. The number of nitrogens with zero attached hydrogens (tertiary/aromatic N) is 2. The first-order chi connectivity index (χ1) is 17.3. The number of carbonyl (C=O) groups excluding carboxylic acids is 3. The standard InChI is InChI=1S/C25H20ClIN4O4S/c1-35-20-12-10-19(11-13-20)30-24(34)21(14-22(32)28-18-8-6-17(27)7-9-18)31(25(30)36)29-23(33)15-2-4-16(26)5-3-15/h2-13,21H,14H2,1H3,(H,28,32)(H,29,33). The number of methoxy groups -OCH3 is 1. The van der Waals surface area contributed by atoms with Crippen molar-refractivity contribution in [3.8, 4) is 5.75 Å². The van der Waals surface area contributed by atoms with Crippen LogP contribution in [-0.4, -0.2) is 41.0 Å². The summed E-state index contributed by atoms with van der Waals surface area (Å²) >= 11 is 13.7. The summed E-state index contributed by atoms with van der Waals surface area (Å²) in [6, 6.07) is 19.2. The zero-order valence-electron chi connectivity index (χ0n) is 18.9. The fraction of sp³-hybridized carbons (Fsp3) is 0.120. The molecule has 8 nitrogen and oxygen atoms in total. The van der Waals surface area contributed by atoms with Crippen molar-refractivity contribution < 1.29 is 19.1 Å². The maximum Gasteiger partial charge on any atom is 0.269 e. The molecule has 184 valence electrons. The van der Waals surface area contributed by atoms with Crippen LogP contribution < -0.4 is 20.4 Å². The van der Waals surface area contributed by atoms with Gasteiger partial charge in [-0.05, 0) is 108 Å². The number of amides is 3. The number of hydrazine groups is 1. The van der Waals surface area contributed by atoms with E-state index in [0.29, 0.717) is 27.7 Å². The Morgan fingerprint density at radius 3 is 2.28 bits per heavy atom. The first kappa shape index (κ1) is 25.9. The molecule has 2 N–H and O–H groups in total. The lowest BCUT2D eigenvalue weighted by Gasteiger charge is -2.24.